The van der Waals surface area contributed by atoms with Gasteiger partial charge >= 0.3 is 0 Å². The molecule has 1 heterocycles. The number of aromatic nitrogens is 3. The van der Waals surface area contributed by atoms with Crippen molar-refractivity contribution < 1.29 is 24.8 Å². The van der Waals surface area contributed by atoms with Crippen LogP contribution in [-0.2, 0) is 0 Å². The van der Waals surface area contributed by atoms with Crippen LogP contribution < -0.4 is 10.2 Å². The van der Waals surface area contributed by atoms with Gasteiger partial charge in [-0.25, -0.2) is 0 Å². The topological polar surface area (TPSA) is 169 Å². The fraction of sp³-hybridized carbons (Fsp3) is 0. The van der Waals surface area contributed by atoms with E-state index < -0.39 is 32.8 Å². The van der Waals surface area contributed by atoms with Gasteiger partial charge < -0.3 is 9.90 Å². The van der Waals surface area contributed by atoms with Gasteiger partial charge in [-0.3, -0.25) is 20.2 Å². The third-order valence-corrected chi connectivity index (χ3v) is 2.83. The number of nitrogens with zero attached hydrogens (tertiary/aromatic N) is 3. The molecule has 0 aliphatic heterocycles. The summed E-state index contributed by atoms with van der Waals surface area (Å²) >= 11 is 0. The number of para-hydroxylation sites is 2. The lowest BCUT2D eigenvalue weighted by Crippen LogP contribution is -2.22. The maximum atomic E-state index is 10.4. The van der Waals surface area contributed by atoms with Gasteiger partial charge in [-0.15, -0.1) is 0 Å². The maximum Gasteiger partial charge on any atom is 0.276 e. The minimum Gasteiger partial charge on any atom is -0.545 e. The highest BCUT2D eigenvalue weighted by atomic mass is 16.6. The average Bonchev–Trinajstić information content (AvgIpc) is 3.03. The molecule has 0 aliphatic rings. The minimum absolute atomic E-state index is 0.601. The van der Waals surface area contributed by atoms with Crippen LogP contribution in [0.5, 0.6) is 0 Å². The highest BCUT2D eigenvalue weighted by Crippen LogP contribution is 2.22. The number of H-pyrrole nitrogens is 2. The van der Waals surface area contributed by atoms with E-state index in [1.165, 1.54) is 0 Å². The van der Waals surface area contributed by atoms with Crippen LogP contribution in [0.1, 0.15) is 10.4 Å². The second-order valence-corrected chi connectivity index (χ2v) is 4.41. The smallest absolute Gasteiger partial charge is 0.276 e. The number of non-ortho nitro benzene ring substituents is 2. The van der Waals surface area contributed by atoms with Crippen molar-refractivity contribution in [3.63, 3.8) is 0 Å². The summed E-state index contributed by atoms with van der Waals surface area (Å²) in [5.74, 6) is -1.71. The van der Waals surface area contributed by atoms with E-state index in [0.29, 0.717) is 18.2 Å². The van der Waals surface area contributed by atoms with E-state index in [2.05, 4.69) is 15.4 Å². The van der Waals surface area contributed by atoms with Gasteiger partial charge in [0.05, 0.1) is 21.9 Å². The molecule has 2 aromatic carbocycles. The van der Waals surface area contributed by atoms with Crippen LogP contribution in [-0.4, -0.2) is 26.1 Å². The average molecular weight is 331 g/mol. The number of carbonyl (C=O) groups excluding carboxylic acids is 1. The second-order valence-electron chi connectivity index (χ2n) is 4.41. The number of nitro benzene ring substituents is 2. The summed E-state index contributed by atoms with van der Waals surface area (Å²) in [5.41, 5.74) is 0.0812. The third kappa shape index (κ3) is 3.85. The molecule has 0 spiro atoms. The summed E-state index contributed by atoms with van der Waals surface area (Å²) in [6, 6.07) is 9.91. The Bertz CT molecular complexity index is 813. The first-order chi connectivity index (χ1) is 11.4. The molecule has 0 atom stereocenters. The number of nitro groups is 2. The molecule has 0 bridgehead atoms. The van der Waals surface area contributed by atoms with Gasteiger partial charge in [-0.05, 0) is 12.1 Å². The lowest BCUT2D eigenvalue weighted by atomic mass is 10.2. The van der Waals surface area contributed by atoms with Crippen molar-refractivity contribution in [1.29, 1.82) is 0 Å². The quantitative estimate of drug-likeness (QED) is 0.529. The number of benzene rings is 2. The number of aromatic carboxylic acids is 1. The number of aromatic amines is 2. The third-order valence-electron chi connectivity index (χ3n) is 2.83. The van der Waals surface area contributed by atoms with Crippen molar-refractivity contribution >= 4 is 28.4 Å². The monoisotopic (exact) mass is 331 g/mol. The molecule has 1 aromatic heterocycles. The molecule has 0 radical (unpaired) electrons. The highest BCUT2D eigenvalue weighted by molar-refractivity contribution is 5.87. The first-order valence-corrected chi connectivity index (χ1v) is 6.34. The Morgan fingerprint density at radius 2 is 1.62 bits per heavy atom. The number of nitrogens with one attached hydrogen (secondary N) is 2. The standard InChI is InChI=1S/C7H4N2O6.C6H5N3/c10-7(11)4-1-5(8(12)13)3-6(2-4)9(14)15;1-2-4-6-5(3-1)7-9-8-6/h1-3H,(H,10,11);1-4H,(H,7,8,9). The molecule has 0 unspecified atom stereocenters. The minimum atomic E-state index is -1.71. The van der Waals surface area contributed by atoms with Gasteiger partial charge in [0.15, 0.2) is 5.52 Å². The van der Waals surface area contributed by atoms with Crippen LogP contribution in [0, 0.1) is 20.2 Å². The fourth-order valence-electron chi connectivity index (χ4n) is 1.75. The van der Waals surface area contributed by atoms with Crippen molar-refractivity contribution in [3.8, 4) is 0 Å². The molecule has 11 nitrogen and oxygen atoms in total. The lowest BCUT2D eigenvalue weighted by molar-refractivity contribution is -0.427. The molecule has 0 saturated heterocycles. The molecule has 0 fully saturated rings. The van der Waals surface area contributed by atoms with Crippen molar-refractivity contribution in [3.05, 3.63) is 68.3 Å². The predicted molar refractivity (Wildman–Crippen MR) is 76.7 cm³/mol. The molecule has 3 aromatic rings. The Balaban J connectivity index is 0.000000194. The number of fused-ring (bicyclic) bond motifs is 1. The van der Waals surface area contributed by atoms with Crippen LogP contribution >= 0.6 is 0 Å². The molecular formula is C13H9N5O6. The zero-order valence-corrected chi connectivity index (χ0v) is 11.8. The molecule has 0 aliphatic carbocycles. The zero-order chi connectivity index (χ0) is 17.7. The number of rotatable bonds is 3. The van der Waals surface area contributed by atoms with Crippen LogP contribution in [0.2, 0.25) is 0 Å². The molecule has 3 rings (SSSR count). The fourth-order valence-corrected chi connectivity index (χ4v) is 1.75. The first-order valence-electron chi connectivity index (χ1n) is 6.34. The Labute approximate surface area is 132 Å². The number of hydrogen-bond acceptors (Lipinski definition) is 7. The molecule has 0 saturated carbocycles. The summed E-state index contributed by atoms with van der Waals surface area (Å²) < 4.78 is 0. The van der Waals surface area contributed by atoms with Gasteiger partial charge in [0.2, 0.25) is 5.52 Å². The molecule has 24 heavy (non-hydrogen) atoms. The van der Waals surface area contributed by atoms with Gasteiger partial charge in [-0.1, -0.05) is 17.3 Å². The number of hydrogen-bond donors (Lipinski definition) is 1. The lowest BCUT2D eigenvalue weighted by Gasteiger charge is -2.01. The van der Waals surface area contributed by atoms with Crippen molar-refractivity contribution in [1.82, 2.24) is 10.3 Å². The van der Waals surface area contributed by atoms with Gasteiger partial charge in [0, 0.05) is 22.8 Å². The summed E-state index contributed by atoms with van der Waals surface area (Å²) in [7, 11) is 0. The highest BCUT2D eigenvalue weighted by Gasteiger charge is 2.16. The Kier molecular flexibility index (Phi) is 4.75. The first kappa shape index (κ1) is 16.5. The zero-order valence-electron chi connectivity index (χ0n) is 11.8. The maximum absolute atomic E-state index is 10.4. The van der Waals surface area contributed by atoms with E-state index in [9.17, 15) is 30.1 Å². The van der Waals surface area contributed by atoms with Crippen LogP contribution in [0.4, 0.5) is 11.4 Å². The van der Waals surface area contributed by atoms with E-state index >= 15 is 0 Å². The van der Waals surface area contributed by atoms with E-state index in [-0.39, 0.29) is 0 Å². The number of carbonyl (C=O) groups is 1. The normalized spacial score (nSPS) is 9.83. The largest absolute Gasteiger partial charge is 0.545 e. The van der Waals surface area contributed by atoms with Crippen LogP contribution in [0.25, 0.3) is 11.0 Å². The van der Waals surface area contributed by atoms with E-state index in [4.69, 9.17) is 0 Å². The molecule has 2 N–H and O–H groups in total. The number of carboxylic acid groups (broad SMARTS) is 1. The Morgan fingerprint density at radius 1 is 1.04 bits per heavy atom. The van der Waals surface area contributed by atoms with E-state index in [1.807, 2.05) is 24.3 Å². The van der Waals surface area contributed by atoms with Gasteiger partial charge in [-0.2, -0.15) is 5.10 Å². The van der Waals surface area contributed by atoms with Crippen molar-refractivity contribution in [2.75, 3.05) is 0 Å². The van der Waals surface area contributed by atoms with Crippen LogP contribution in [0.15, 0.2) is 42.5 Å². The van der Waals surface area contributed by atoms with E-state index in [0.717, 1.165) is 11.0 Å². The Morgan fingerprint density at radius 3 is 2.12 bits per heavy atom. The molecule has 0 amide bonds. The molecule has 122 valence electrons. The second kappa shape index (κ2) is 6.91. The van der Waals surface area contributed by atoms with Crippen LogP contribution in [0.3, 0.4) is 0 Å². The number of carboxylic acids is 1. The SMILES string of the molecule is O=C([O-])c1cc([N+](=O)[O-])cc([N+](=O)[O-])c1.c1ccc2[nH+][nH]nc2c1. The van der Waals surface area contributed by atoms with Gasteiger partial charge in [0.25, 0.3) is 11.4 Å². The predicted octanol–water partition coefficient (Wildman–Crippen LogP) is 0.243. The Hall–Kier alpha value is -3.89. The molecule has 11 heteroatoms. The summed E-state index contributed by atoms with van der Waals surface area (Å²) in [6.45, 7) is 0. The molecular weight excluding hydrogens is 322 g/mol. The summed E-state index contributed by atoms with van der Waals surface area (Å²) in [4.78, 5) is 29.2. The summed E-state index contributed by atoms with van der Waals surface area (Å²) in [5, 5.41) is 40.5. The van der Waals surface area contributed by atoms with Crippen molar-refractivity contribution in [2.24, 2.45) is 0 Å². The van der Waals surface area contributed by atoms with Crippen molar-refractivity contribution in [2.45, 2.75) is 0 Å². The van der Waals surface area contributed by atoms with E-state index in [1.54, 1.807) is 0 Å². The summed E-state index contributed by atoms with van der Waals surface area (Å²) in [6.07, 6.45) is 0. The van der Waals surface area contributed by atoms with Gasteiger partial charge in [0.1, 0.15) is 0 Å².